The molecule has 1 atom stereocenters. The van der Waals surface area contributed by atoms with E-state index < -0.39 is 29.6 Å². The third-order valence-electron chi connectivity index (χ3n) is 5.03. The van der Waals surface area contributed by atoms with Crippen molar-refractivity contribution >= 4 is 34.7 Å². The van der Waals surface area contributed by atoms with E-state index in [1.54, 1.807) is 6.07 Å². The number of halogens is 1. The molecular formula is C23H16FN3O3S. The highest BCUT2D eigenvalue weighted by atomic mass is 32.1. The van der Waals surface area contributed by atoms with Gasteiger partial charge >= 0.3 is 0 Å². The Bertz CT molecular complexity index is 1190. The van der Waals surface area contributed by atoms with E-state index >= 15 is 0 Å². The first-order valence-electron chi connectivity index (χ1n) is 9.44. The summed E-state index contributed by atoms with van der Waals surface area (Å²) in [5.74, 6) is -2.36. The van der Waals surface area contributed by atoms with Gasteiger partial charge in [-0.15, -0.1) is 11.3 Å². The highest BCUT2D eigenvalue weighted by molar-refractivity contribution is 7.09. The zero-order valence-corrected chi connectivity index (χ0v) is 17.0. The summed E-state index contributed by atoms with van der Waals surface area (Å²) in [6, 6.07) is 16.2. The minimum atomic E-state index is -1.06. The van der Waals surface area contributed by atoms with E-state index in [9.17, 15) is 18.8 Å². The molecular weight excluding hydrogens is 417 g/mol. The molecule has 6 nitrogen and oxygen atoms in total. The number of carbonyl (C=O) groups is 3. The number of anilines is 1. The van der Waals surface area contributed by atoms with E-state index in [0.717, 1.165) is 9.78 Å². The third kappa shape index (κ3) is 3.96. The Labute approximate surface area is 181 Å². The van der Waals surface area contributed by atoms with Crippen molar-refractivity contribution in [2.75, 3.05) is 4.90 Å². The molecule has 0 saturated carbocycles. The Kier molecular flexibility index (Phi) is 5.60. The predicted octanol–water partition coefficient (Wildman–Crippen LogP) is 3.73. The number of hydrogen-bond acceptors (Lipinski definition) is 5. The topological polar surface area (TPSA) is 81.5 Å². The summed E-state index contributed by atoms with van der Waals surface area (Å²) in [5, 5.41) is 10.8. The number of benzene rings is 2. The number of rotatable bonds is 5. The smallest absolute Gasteiger partial charge is 0.257 e. The standard InChI is InChI=1S/C23H16FN3O3S/c24-19-6-2-1-5-18(19)22(29)26(14-17-4-3-11-31-17)20-12-21(28)27(23(20)30)16-9-7-15(13-25)8-10-16/h1-11,20H,12,14H2. The lowest BCUT2D eigenvalue weighted by Gasteiger charge is -2.27. The van der Waals surface area contributed by atoms with Gasteiger partial charge in [0.05, 0.1) is 35.8 Å². The van der Waals surface area contributed by atoms with Crippen LogP contribution in [0.15, 0.2) is 66.0 Å². The third-order valence-corrected chi connectivity index (χ3v) is 5.89. The Balaban J connectivity index is 1.68. The van der Waals surface area contributed by atoms with Gasteiger partial charge in [-0.2, -0.15) is 5.26 Å². The Hall–Kier alpha value is -3.83. The molecule has 0 bridgehead atoms. The van der Waals surface area contributed by atoms with Crippen LogP contribution in [0, 0.1) is 17.1 Å². The minimum absolute atomic E-state index is 0.0791. The second-order valence-corrected chi connectivity index (χ2v) is 7.97. The van der Waals surface area contributed by atoms with Crippen molar-refractivity contribution < 1.29 is 18.8 Å². The summed E-state index contributed by atoms with van der Waals surface area (Å²) >= 11 is 1.40. The van der Waals surface area contributed by atoms with E-state index in [1.807, 2.05) is 23.6 Å². The molecule has 4 rings (SSSR count). The van der Waals surface area contributed by atoms with Gasteiger partial charge in [-0.05, 0) is 47.8 Å². The zero-order chi connectivity index (χ0) is 22.0. The lowest BCUT2D eigenvalue weighted by Crippen LogP contribution is -2.45. The van der Waals surface area contributed by atoms with Crippen molar-refractivity contribution in [2.24, 2.45) is 0 Å². The lowest BCUT2D eigenvalue weighted by atomic mass is 10.1. The van der Waals surface area contributed by atoms with Crippen LogP contribution >= 0.6 is 11.3 Å². The molecule has 1 saturated heterocycles. The Morgan fingerprint density at radius 2 is 1.87 bits per heavy atom. The molecule has 0 radical (unpaired) electrons. The van der Waals surface area contributed by atoms with Crippen molar-refractivity contribution in [1.82, 2.24) is 4.90 Å². The van der Waals surface area contributed by atoms with Gasteiger partial charge in [0.15, 0.2) is 0 Å². The first-order chi connectivity index (χ1) is 15.0. The summed E-state index contributed by atoms with van der Waals surface area (Å²) in [7, 11) is 0. The van der Waals surface area contributed by atoms with Crippen molar-refractivity contribution in [3.63, 3.8) is 0 Å². The van der Waals surface area contributed by atoms with Crippen molar-refractivity contribution in [2.45, 2.75) is 19.0 Å². The molecule has 8 heteroatoms. The van der Waals surface area contributed by atoms with Crippen LogP contribution in [0.2, 0.25) is 0 Å². The number of amides is 3. The summed E-state index contributed by atoms with van der Waals surface area (Å²) in [4.78, 5) is 42.2. The van der Waals surface area contributed by atoms with E-state index in [0.29, 0.717) is 11.3 Å². The summed E-state index contributed by atoms with van der Waals surface area (Å²) in [6.45, 7) is 0.0791. The van der Waals surface area contributed by atoms with Gasteiger partial charge in [-0.25, -0.2) is 9.29 Å². The van der Waals surface area contributed by atoms with Crippen LogP contribution in [-0.2, 0) is 16.1 Å². The molecule has 3 aromatic rings. The number of nitrogens with zero attached hydrogens (tertiary/aromatic N) is 3. The van der Waals surface area contributed by atoms with Gasteiger partial charge < -0.3 is 4.90 Å². The number of thiophene rings is 1. The van der Waals surface area contributed by atoms with Crippen LogP contribution in [0.3, 0.4) is 0 Å². The molecule has 1 unspecified atom stereocenters. The van der Waals surface area contributed by atoms with Crippen LogP contribution in [0.4, 0.5) is 10.1 Å². The maximum absolute atomic E-state index is 14.3. The van der Waals surface area contributed by atoms with Crippen molar-refractivity contribution in [3.8, 4) is 6.07 Å². The Morgan fingerprint density at radius 3 is 2.52 bits per heavy atom. The molecule has 0 aliphatic carbocycles. The van der Waals surface area contributed by atoms with E-state index in [-0.39, 0.29) is 18.5 Å². The maximum atomic E-state index is 14.3. The van der Waals surface area contributed by atoms with E-state index in [4.69, 9.17) is 5.26 Å². The molecule has 1 aromatic heterocycles. The number of nitriles is 1. The molecule has 0 N–H and O–H groups in total. The molecule has 1 fully saturated rings. The average Bonchev–Trinajstić information content (AvgIpc) is 3.39. The lowest BCUT2D eigenvalue weighted by molar-refractivity contribution is -0.122. The Morgan fingerprint density at radius 1 is 1.13 bits per heavy atom. The van der Waals surface area contributed by atoms with Crippen LogP contribution in [0.25, 0.3) is 0 Å². The van der Waals surface area contributed by atoms with Gasteiger partial charge in [0.2, 0.25) is 5.91 Å². The molecule has 1 aliphatic rings. The maximum Gasteiger partial charge on any atom is 0.257 e. The highest BCUT2D eigenvalue weighted by Crippen LogP contribution is 2.29. The first-order valence-corrected chi connectivity index (χ1v) is 10.3. The van der Waals surface area contributed by atoms with Gasteiger partial charge in [0, 0.05) is 4.88 Å². The molecule has 1 aliphatic heterocycles. The van der Waals surface area contributed by atoms with Crippen molar-refractivity contribution in [3.05, 3.63) is 87.9 Å². The normalized spacial score (nSPS) is 15.7. The van der Waals surface area contributed by atoms with E-state index in [1.165, 1.54) is 58.7 Å². The van der Waals surface area contributed by atoms with Crippen molar-refractivity contribution in [1.29, 1.82) is 5.26 Å². The monoisotopic (exact) mass is 433 g/mol. The number of imide groups is 1. The van der Waals surface area contributed by atoms with Gasteiger partial charge in [-0.1, -0.05) is 18.2 Å². The van der Waals surface area contributed by atoms with E-state index in [2.05, 4.69) is 0 Å². The number of hydrogen-bond donors (Lipinski definition) is 0. The molecule has 2 aromatic carbocycles. The second-order valence-electron chi connectivity index (χ2n) is 6.94. The highest BCUT2D eigenvalue weighted by Gasteiger charge is 2.44. The summed E-state index contributed by atoms with van der Waals surface area (Å²) < 4.78 is 14.3. The molecule has 154 valence electrons. The van der Waals surface area contributed by atoms with Crippen LogP contribution in [-0.4, -0.2) is 28.7 Å². The molecule has 31 heavy (non-hydrogen) atoms. The SMILES string of the molecule is N#Cc1ccc(N2C(=O)CC(N(Cc3cccs3)C(=O)c3ccccc3F)C2=O)cc1. The van der Waals surface area contributed by atoms with Crippen LogP contribution in [0.5, 0.6) is 0 Å². The molecule has 0 spiro atoms. The minimum Gasteiger partial charge on any atom is -0.321 e. The second kappa shape index (κ2) is 8.50. The summed E-state index contributed by atoms with van der Waals surface area (Å²) in [5.41, 5.74) is 0.565. The van der Waals surface area contributed by atoms with Gasteiger partial charge in [-0.3, -0.25) is 14.4 Å². The number of carbonyl (C=O) groups excluding carboxylic acids is 3. The molecule has 3 amide bonds. The first kappa shape index (κ1) is 20.4. The fraction of sp³-hybridized carbons (Fsp3) is 0.130. The van der Waals surface area contributed by atoms with Gasteiger partial charge in [0.1, 0.15) is 11.9 Å². The fourth-order valence-electron chi connectivity index (χ4n) is 3.50. The fourth-order valence-corrected chi connectivity index (χ4v) is 4.20. The predicted molar refractivity (Wildman–Crippen MR) is 113 cm³/mol. The largest absolute Gasteiger partial charge is 0.321 e. The molecule has 2 heterocycles. The van der Waals surface area contributed by atoms with Gasteiger partial charge in [0.25, 0.3) is 11.8 Å². The quantitative estimate of drug-likeness (QED) is 0.574. The zero-order valence-electron chi connectivity index (χ0n) is 16.2. The summed E-state index contributed by atoms with van der Waals surface area (Å²) in [6.07, 6.45) is -0.204. The average molecular weight is 433 g/mol. The van der Waals surface area contributed by atoms with Crippen LogP contribution < -0.4 is 4.90 Å². The van der Waals surface area contributed by atoms with Crippen LogP contribution in [0.1, 0.15) is 27.2 Å².